The van der Waals surface area contributed by atoms with E-state index in [4.69, 9.17) is 17.0 Å². The summed E-state index contributed by atoms with van der Waals surface area (Å²) in [4.78, 5) is 17.4. The third kappa shape index (κ3) is 3.99. The van der Waals surface area contributed by atoms with Gasteiger partial charge in [-0.2, -0.15) is 0 Å². The van der Waals surface area contributed by atoms with Crippen LogP contribution in [0.25, 0.3) is 6.08 Å². The average Bonchev–Trinajstić information content (AvgIpc) is 2.85. The minimum Gasteiger partial charge on any atom is -0.497 e. The number of nitrogens with zero attached hydrogens (tertiary/aromatic N) is 2. The summed E-state index contributed by atoms with van der Waals surface area (Å²) in [7, 11) is 1.64. The predicted molar refractivity (Wildman–Crippen MR) is 103 cm³/mol. The maximum Gasteiger partial charge on any atom is 0.267 e. The van der Waals surface area contributed by atoms with E-state index in [1.807, 2.05) is 30.3 Å². The van der Waals surface area contributed by atoms with Gasteiger partial charge in [0.1, 0.15) is 10.1 Å². The van der Waals surface area contributed by atoms with E-state index >= 15 is 0 Å². The fourth-order valence-corrected chi connectivity index (χ4v) is 4.12. The molecule has 24 heavy (non-hydrogen) atoms. The van der Waals surface area contributed by atoms with Gasteiger partial charge in [0.15, 0.2) is 0 Å². The standard InChI is InChI=1S/C18H22N2O2S2/c1-13-7-9-19(10-8-13)12-20-17(21)16(24-18(20)23)11-14-3-5-15(22-2)6-4-14/h3-6,11,13H,7-10,12H2,1-2H3/b16-11+. The summed E-state index contributed by atoms with van der Waals surface area (Å²) in [6, 6.07) is 7.66. The molecule has 1 aromatic carbocycles. The van der Waals surface area contributed by atoms with Crippen LogP contribution in [-0.4, -0.2) is 46.9 Å². The molecule has 2 saturated heterocycles. The number of carbonyl (C=O) groups excluding carboxylic acids is 1. The van der Waals surface area contributed by atoms with Crippen LogP contribution in [0.4, 0.5) is 0 Å². The monoisotopic (exact) mass is 362 g/mol. The molecule has 0 saturated carbocycles. The van der Waals surface area contributed by atoms with Crippen molar-refractivity contribution >= 4 is 40.3 Å². The number of benzene rings is 1. The van der Waals surface area contributed by atoms with E-state index in [9.17, 15) is 4.79 Å². The molecule has 6 heteroatoms. The Morgan fingerprint density at radius 1 is 1.29 bits per heavy atom. The Bertz CT molecular complexity index is 649. The highest BCUT2D eigenvalue weighted by atomic mass is 32.2. The fourth-order valence-electron chi connectivity index (χ4n) is 2.88. The van der Waals surface area contributed by atoms with Crippen molar-refractivity contribution in [3.05, 3.63) is 34.7 Å². The van der Waals surface area contributed by atoms with Crippen LogP contribution in [0.15, 0.2) is 29.2 Å². The first-order valence-electron chi connectivity index (χ1n) is 8.18. The summed E-state index contributed by atoms with van der Waals surface area (Å²) < 4.78 is 5.81. The van der Waals surface area contributed by atoms with Crippen molar-refractivity contribution in [1.82, 2.24) is 9.80 Å². The van der Waals surface area contributed by atoms with Gasteiger partial charge in [-0.3, -0.25) is 14.6 Å². The van der Waals surface area contributed by atoms with Crippen LogP contribution in [-0.2, 0) is 4.79 Å². The van der Waals surface area contributed by atoms with Gasteiger partial charge in [0.2, 0.25) is 0 Å². The van der Waals surface area contributed by atoms with Gasteiger partial charge in [-0.05, 0) is 42.5 Å². The van der Waals surface area contributed by atoms with Crippen molar-refractivity contribution in [2.45, 2.75) is 19.8 Å². The van der Waals surface area contributed by atoms with E-state index in [1.54, 1.807) is 12.0 Å². The van der Waals surface area contributed by atoms with E-state index in [0.29, 0.717) is 15.9 Å². The molecular weight excluding hydrogens is 340 g/mol. The molecule has 2 aliphatic heterocycles. The van der Waals surface area contributed by atoms with Gasteiger partial charge in [-0.1, -0.05) is 43.0 Å². The molecular formula is C18H22N2O2S2. The third-order valence-corrected chi connectivity index (χ3v) is 5.88. The van der Waals surface area contributed by atoms with Crippen molar-refractivity contribution < 1.29 is 9.53 Å². The second-order valence-corrected chi connectivity index (χ2v) is 8.00. The number of ether oxygens (including phenoxy) is 1. The van der Waals surface area contributed by atoms with Crippen LogP contribution >= 0.6 is 24.0 Å². The number of methoxy groups -OCH3 is 1. The van der Waals surface area contributed by atoms with Crippen LogP contribution in [0.1, 0.15) is 25.3 Å². The second kappa shape index (κ2) is 7.68. The fraction of sp³-hybridized carbons (Fsp3) is 0.444. The van der Waals surface area contributed by atoms with E-state index in [1.165, 1.54) is 24.6 Å². The molecule has 2 aliphatic rings. The van der Waals surface area contributed by atoms with Gasteiger partial charge in [0.25, 0.3) is 5.91 Å². The molecule has 3 rings (SSSR count). The summed E-state index contributed by atoms with van der Waals surface area (Å²) >= 11 is 6.81. The first-order chi connectivity index (χ1) is 11.6. The van der Waals surface area contributed by atoms with Gasteiger partial charge < -0.3 is 4.74 Å². The van der Waals surface area contributed by atoms with Crippen LogP contribution in [0.2, 0.25) is 0 Å². The Kier molecular flexibility index (Phi) is 5.58. The lowest BCUT2D eigenvalue weighted by Crippen LogP contribution is -2.43. The topological polar surface area (TPSA) is 32.8 Å². The molecule has 0 atom stereocenters. The van der Waals surface area contributed by atoms with Crippen LogP contribution in [0, 0.1) is 5.92 Å². The van der Waals surface area contributed by atoms with Gasteiger partial charge >= 0.3 is 0 Å². The quantitative estimate of drug-likeness (QED) is 0.604. The SMILES string of the molecule is COc1ccc(/C=C2/SC(=S)N(CN3CCC(C)CC3)C2=O)cc1. The molecule has 0 unspecified atom stereocenters. The summed E-state index contributed by atoms with van der Waals surface area (Å²) in [5.41, 5.74) is 0.975. The molecule has 0 radical (unpaired) electrons. The number of likely N-dealkylation sites (tertiary alicyclic amines) is 1. The van der Waals surface area contributed by atoms with Crippen molar-refractivity contribution in [2.24, 2.45) is 5.92 Å². The van der Waals surface area contributed by atoms with E-state index in [2.05, 4.69) is 11.8 Å². The summed E-state index contributed by atoms with van der Waals surface area (Å²) in [6.07, 6.45) is 4.28. The first-order valence-corrected chi connectivity index (χ1v) is 9.41. The van der Waals surface area contributed by atoms with Crippen LogP contribution < -0.4 is 4.74 Å². The number of hydrogen-bond donors (Lipinski definition) is 0. The zero-order valence-corrected chi connectivity index (χ0v) is 15.7. The lowest BCUT2D eigenvalue weighted by molar-refractivity contribution is -0.123. The maximum absolute atomic E-state index is 12.7. The van der Waals surface area contributed by atoms with Gasteiger partial charge in [0, 0.05) is 13.1 Å². The lowest BCUT2D eigenvalue weighted by atomic mass is 10.00. The minimum atomic E-state index is 0.0134. The highest BCUT2D eigenvalue weighted by Gasteiger charge is 2.33. The molecule has 128 valence electrons. The average molecular weight is 363 g/mol. The van der Waals surface area contributed by atoms with E-state index < -0.39 is 0 Å². The molecule has 1 amide bonds. The Morgan fingerprint density at radius 3 is 2.58 bits per heavy atom. The summed E-state index contributed by atoms with van der Waals surface area (Å²) in [5.74, 6) is 1.60. The highest BCUT2D eigenvalue weighted by Crippen LogP contribution is 2.33. The molecule has 4 nitrogen and oxygen atoms in total. The normalized spacial score (nSPS) is 21.8. The number of amides is 1. The zero-order chi connectivity index (χ0) is 17.1. The van der Waals surface area contributed by atoms with Gasteiger partial charge in [-0.25, -0.2) is 0 Å². The Morgan fingerprint density at radius 2 is 1.96 bits per heavy atom. The minimum absolute atomic E-state index is 0.0134. The molecule has 2 heterocycles. The zero-order valence-electron chi connectivity index (χ0n) is 14.0. The summed E-state index contributed by atoms with van der Waals surface area (Å²) in [6.45, 7) is 4.97. The molecule has 0 bridgehead atoms. The van der Waals surface area contributed by atoms with Crippen LogP contribution in [0.5, 0.6) is 5.75 Å². The largest absolute Gasteiger partial charge is 0.497 e. The number of thioether (sulfide) groups is 1. The number of piperidine rings is 1. The molecule has 0 aromatic heterocycles. The van der Waals surface area contributed by atoms with E-state index in [-0.39, 0.29) is 5.91 Å². The second-order valence-electron chi connectivity index (χ2n) is 6.32. The van der Waals surface area contributed by atoms with Gasteiger partial charge in [-0.15, -0.1) is 0 Å². The molecule has 0 spiro atoms. The van der Waals surface area contributed by atoms with Crippen molar-refractivity contribution in [3.8, 4) is 5.75 Å². The smallest absolute Gasteiger partial charge is 0.267 e. The Balaban J connectivity index is 1.67. The predicted octanol–water partition coefficient (Wildman–Crippen LogP) is 3.59. The van der Waals surface area contributed by atoms with Crippen molar-refractivity contribution in [1.29, 1.82) is 0 Å². The van der Waals surface area contributed by atoms with Gasteiger partial charge in [0.05, 0.1) is 18.7 Å². The first kappa shape index (κ1) is 17.5. The molecule has 1 aromatic rings. The van der Waals surface area contributed by atoms with Crippen LogP contribution in [0.3, 0.4) is 0 Å². The number of rotatable bonds is 4. The lowest BCUT2D eigenvalue weighted by Gasteiger charge is -2.32. The number of hydrogen-bond acceptors (Lipinski definition) is 5. The van der Waals surface area contributed by atoms with Crippen molar-refractivity contribution in [3.63, 3.8) is 0 Å². The number of thiocarbonyl (C=S) groups is 1. The summed E-state index contributed by atoms with van der Waals surface area (Å²) in [5, 5.41) is 0. The third-order valence-electron chi connectivity index (χ3n) is 4.50. The Labute approximate surface area is 152 Å². The molecule has 0 N–H and O–H groups in total. The highest BCUT2D eigenvalue weighted by molar-refractivity contribution is 8.26. The van der Waals surface area contributed by atoms with Crippen molar-refractivity contribution in [2.75, 3.05) is 26.9 Å². The molecule has 0 aliphatic carbocycles. The Hall–Kier alpha value is -1.37. The maximum atomic E-state index is 12.7. The number of carbonyl (C=O) groups is 1. The van der Waals surface area contributed by atoms with E-state index in [0.717, 1.165) is 30.3 Å². The molecule has 2 fully saturated rings.